The Labute approximate surface area is 214 Å². The van der Waals surface area contributed by atoms with E-state index in [1.165, 1.54) is 38.3 Å². The number of carbonyl (C=O) groups excluding carboxylic acids is 1. The Morgan fingerprint density at radius 2 is 1.68 bits per heavy atom. The van der Waals surface area contributed by atoms with Crippen LogP contribution in [0, 0.1) is 17.0 Å². The number of aryl methyl sites for hydroxylation is 1. The number of hydrogen-bond acceptors (Lipinski definition) is 6. The number of nitrogens with one attached hydrogen (secondary N) is 1. The standard InChI is InChI=1S/C27H25N3O6S/c1-19-7-14-25(16-26(19)30(32)33)37(34,35)29(23-10-12-24(36-2)13-11-23)18-27(31)28-17-20-8-9-21-5-3-4-6-22(21)15-20/h3-16H,17-18H2,1-2H3,(H,28,31). The first-order valence-corrected chi connectivity index (χ1v) is 12.8. The highest BCUT2D eigenvalue weighted by molar-refractivity contribution is 7.92. The van der Waals surface area contributed by atoms with Crippen LogP contribution in [0.25, 0.3) is 10.8 Å². The third-order valence-corrected chi connectivity index (χ3v) is 7.69. The average Bonchev–Trinajstić information content (AvgIpc) is 2.90. The molecule has 0 unspecified atom stereocenters. The lowest BCUT2D eigenvalue weighted by Gasteiger charge is -2.24. The van der Waals surface area contributed by atoms with Crippen molar-refractivity contribution in [3.63, 3.8) is 0 Å². The van der Waals surface area contributed by atoms with Gasteiger partial charge < -0.3 is 10.1 Å². The highest BCUT2D eigenvalue weighted by Gasteiger charge is 2.29. The number of fused-ring (bicyclic) bond motifs is 1. The van der Waals surface area contributed by atoms with Gasteiger partial charge in [-0.3, -0.25) is 19.2 Å². The van der Waals surface area contributed by atoms with Crippen molar-refractivity contribution in [1.29, 1.82) is 0 Å². The zero-order valence-electron chi connectivity index (χ0n) is 20.2. The first-order valence-electron chi connectivity index (χ1n) is 11.4. The van der Waals surface area contributed by atoms with E-state index < -0.39 is 27.4 Å². The number of nitro benzene ring substituents is 1. The number of ether oxygens (including phenoxy) is 1. The minimum Gasteiger partial charge on any atom is -0.497 e. The first kappa shape index (κ1) is 25.6. The van der Waals surface area contributed by atoms with Crippen molar-refractivity contribution in [2.75, 3.05) is 18.0 Å². The van der Waals surface area contributed by atoms with Crippen molar-refractivity contribution in [3.8, 4) is 5.75 Å². The summed E-state index contributed by atoms with van der Waals surface area (Å²) in [4.78, 5) is 23.4. The van der Waals surface area contributed by atoms with Crippen molar-refractivity contribution in [2.45, 2.75) is 18.4 Å². The van der Waals surface area contributed by atoms with Crippen molar-refractivity contribution in [1.82, 2.24) is 5.32 Å². The number of nitro groups is 1. The molecule has 1 N–H and O–H groups in total. The maximum Gasteiger partial charge on any atom is 0.273 e. The molecule has 0 atom stereocenters. The first-order chi connectivity index (χ1) is 17.7. The van der Waals surface area contributed by atoms with Crippen molar-refractivity contribution < 1.29 is 22.9 Å². The van der Waals surface area contributed by atoms with Crippen molar-refractivity contribution in [3.05, 3.63) is 106 Å². The normalized spacial score (nSPS) is 11.2. The van der Waals surface area contributed by atoms with E-state index in [9.17, 15) is 23.3 Å². The van der Waals surface area contributed by atoms with Crippen LogP contribution in [0.4, 0.5) is 11.4 Å². The molecular weight excluding hydrogens is 494 g/mol. The molecule has 0 radical (unpaired) electrons. The Morgan fingerprint density at radius 3 is 2.35 bits per heavy atom. The smallest absolute Gasteiger partial charge is 0.273 e. The van der Waals surface area contributed by atoms with E-state index in [4.69, 9.17) is 4.74 Å². The summed E-state index contributed by atoms with van der Waals surface area (Å²) in [5.41, 5.74) is 1.08. The van der Waals surface area contributed by atoms with Crippen LogP contribution in [0.1, 0.15) is 11.1 Å². The van der Waals surface area contributed by atoms with Crippen LogP contribution >= 0.6 is 0 Å². The fourth-order valence-electron chi connectivity index (χ4n) is 3.87. The van der Waals surface area contributed by atoms with Gasteiger partial charge in [0.25, 0.3) is 15.7 Å². The largest absolute Gasteiger partial charge is 0.497 e. The second-order valence-electron chi connectivity index (χ2n) is 8.37. The molecule has 0 aromatic heterocycles. The number of methoxy groups -OCH3 is 1. The van der Waals surface area contributed by atoms with E-state index in [-0.39, 0.29) is 22.8 Å². The molecule has 0 aliphatic heterocycles. The summed E-state index contributed by atoms with van der Waals surface area (Å²) in [6.07, 6.45) is 0. The van der Waals surface area contributed by atoms with E-state index in [2.05, 4.69) is 5.32 Å². The van der Waals surface area contributed by atoms with E-state index in [0.29, 0.717) is 11.3 Å². The van der Waals surface area contributed by atoms with Crippen LogP contribution in [-0.2, 0) is 21.4 Å². The molecule has 0 bridgehead atoms. The average molecular weight is 520 g/mol. The molecule has 0 spiro atoms. The Kier molecular flexibility index (Phi) is 7.40. The van der Waals surface area contributed by atoms with E-state index in [1.54, 1.807) is 12.1 Å². The van der Waals surface area contributed by atoms with E-state index >= 15 is 0 Å². The zero-order valence-corrected chi connectivity index (χ0v) is 21.1. The second-order valence-corrected chi connectivity index (χ2v) is 10.2. The van der Waals surface area contributed by atoms with Gasteiger partial charge in [-0.25, -0.2) is 8.42 Å². The molecule has 0 aliphatic rings. The molecule has 4 aromatic rings. The third kappa shape index (κ3) is 5.70. The Balaban J connectivity index is 1.61. The van der Waals surface area contributed by atoms with Crippen LogP contribution in [0.5, 0.6) is 5.75 Å². The lowest BCUT2D eigenvalue weighted by Crippen LogP contribution is -2.40. The molecule has 37 heavy (non-hydrogen) atoms. The van der Waals surface area contributed by atoms with Crippen LogP contribution in [-0.4, -0.2) is 32.9 Å². The number of sulfonamides is 1. The summed E-state index contributed by atoms with van der Waals surface area (Å²) < 4.78 is 33.3. The molecule has 1 amide bonds. The van der Waals surface area contributed by atoms with Gasteiger partial charge in [-0.15, -0.1) is 0 Å². The summed E-state index contributed by atoms with van der Waals surface area (Å²) in [6.45, 7) is 1.20. The Hall–Kier alpha value is -4.44. The number of carbonyl (C=O) groups is 1. The van der Waals surface area contributed by atoms with Crippen LogP contribution in [0.2, 0.25) is 0 Å². The minimum absolute atomic E-state index is 0.205. The summed E-state index contributed by atoms with van der Waals surface area (Å²) >= 11 is 0. The second kappa shape index (κ2) is 10.7. The SMILES string of the molecule is COc1ccc(N(CC(=O)NCc2ccc3ccccc3c2)S(=O)(=O)c2ccc(C)c([N+](=O)[O-])c2)cc1. The third-order valence-electron chi connectivity index (χ3n) is 5.92. The maximum absolute atomic E-state index is 13.6. The topological polar surface area (TPSA) is 119 Å². The Morgan fingerprint density at radius 1 is 0.973 bits per heavy atom. The lowest BCUT2D eigenvalue weighted by atomic mass is 10.1. The quantitative estimate of drug-likeness (QED) is 0.255. The molecule has 4 rings (SSSR count). The van der Waals surface area contributed by atoms with Gasteiger partial charge in [0.15, 0.2) is 0 Å². The lowest BCUT2D eigenvalue weighted by molar-refractivity contribution is -0.385. The van der Waals surface area contributed by atoms with E-state index in [0.717, 1.165) is 26.7 Å². The van der Waals surface area contributed by atoms with Gasteiger partial charge in [0.1, 0.15) is 12.3 Å². The van der Waals surface area contributed by atoms with Crippen LogP contribution < -0.4 is 14.4 Å². The number of nitrogens with zero attached hydrogens (tertiary/aromatic N) is 2. The summed E-state index contributed by atoms with van der Waals surface area (Å²) in [6, 6.07) is 23.5. The van der Waals surface area contributed by atoms with E-state index in [1.807, 2.05) is 42.5 Å². The predicted octanol–water partition coefficient (Wildman–Crippen LogP) is 4.58. The molecule has 0 fully saturated rings. The number of anilines is 1. The van der Waals surface area contributed by atoms with Gasteiger partial charge in [0.2, 0.25) is 5.91 Å². The highest BCUT2D eigenvalue weighted by Crippen LogP contribution is 2.29. The molecule has 190 valence electrons. The predicted molar refractivity (Wildman–Crippen MR) is 141 cm³/mol. The monoisotopic (exact) mass is 519 g/mol. The summed E-state index contributed by atoms with van der Waals surface area (Å²) in [5.74, 6) is -0.0259. The molecule has 0 saturated carbocycles. The molecule has 0 heterocycles. The number of benzene rings is 4. The fraction of sp³-hybridized carbons (Fsp3) is 0.148. The molecule has 0 aliphatic carbocycles. The number of amides is 1. The van der Waals surface area contributed by atoms with Crippen LogP contribution in [0.3, 0.4) is 0 Å². The van der Waals surface area contributed by atoms with Crippen LogP contribution in [0.15, 0.2) is 89.8 Å². The van der Waals surface area contributed by atoms with Crippen molar-refractivity contribution >= 4 is 38.1 Å². The van der Waals surface area contributed by atoms with Gasteiger partial charge in [-0.2, -0.15) is 0 Å². The summed E-state index contributed by atoms with van der Waals surface area (Å²) in [7, 11) is -2.84. The molecule has 9 nitrogen and oxygen atoms in total. The highest BCUT2D eigenvalue weighted by atomic mass is 32.2. The minimum atomic E-state index is -4.33. The van der Waals surface area contributed by atoms with Gasteiger partial charge in [0.05, 0.1) is 22.6 Å². The van der Waals surface area contributed by atoms with Crippen molar-refractivity contribution in [2.24, 2.45) is 0 Å². The molecule has 10 heteroatoms. The molecule has 0 saturated heterocycles. The zero-order chi connectivity index (χ0) is 26.6. The van der Waals surface area contributed by atoms with Gasteiger partial charge in [-0.05, 0) is 59.7 Å². The molecule has 4 aromatic carbocycles. The maximum atomic E-state index is 13.6. The molecular formula is C27H25N3O6S. The number of hydrogen-bond donors (Lipinski definition) is 1. The fourth-order valence-corrected chi connectivity index (χ4v) is 5.31. The van der Waals surface area contributed by atoms with Gasteiger partial charge in [0, 0.05) is 18.2 Å². The van der Waals surface area contributed by atoms with Gasteiger partial charge >= 0.3 is 0 Å². The Bertz CT molecular complexity index is 1570. The number of rotatable bonds is 9. The van der Waals surface area contributed by atoms with Gasteiger partial charge in [-0.1, -0.05) is 42.5 Å². The summed E-state index contributed by atoms with van der Waals surface area (Å²) in [5, 5.41) is 16.3.